The van der Waals surface area contributed by atoms with Gasteiger partial charge in [0.2, 0.25) is 5.82 Å². The lowest BCUT2D eigenvalue weighted by Gasteiger charge is -2.13. The van der Waals surface area contributed by atoms with Gasteiger partial charge >= 0.3 is 0 Å². The highest BCUT2D eigenvalue weighted by atomic mass is 16.5. The molecule has 1 heterocycles. The predicted molar refractivity (Wildman–Crippen MR) is 115 cm³/mol. The fourth-order valence-corrected chi connectivity index (χ4v) is 3.40. The largest absolute Gasteiger partial charge is 0.497 e. The van der Waals surface area contributed by atoms with E-state index in [9.17, 15) is 0 Å². The summed E-state index contributed by atoms with van der Waals surface area (Å²) in [5.41, 5.74) is 4.74. The van der Waals surface area contributed by atoms with Crippen molar-refractivity contribution in [2.75, 3.05) is 21.3 Å². The van der Waals surface area contributed by atoms with Gasteiger partial charge in [0, 0.05) is 17.2 Å². The van der Waals surface area contributed by atoms with Crippen LogP contribution in [0.5, 0.6) is 17.2 Å². The number of hydrogen-bond acceptors (Lipinski definition) is 6. The number of aryl methyl sites for hydroxylation is 1. The molecule has 0 saturated heterocycles. The van der Waals surface area contributed by atoms with E-state index in [4.69, 9.17) is 18.7 Å². The van der Waals surface area contributed by atoms with E-state index in [0.717, 1.165) is 39.3 Å². The minimum atomic E-state index is 0.451. The Morgan fingerprint density at radius 1 is 0.733 bits per heavy atom. The van der Waals surface area contributed by atoms with E-state index >= 15 is 0 Å². The average molecular weight is 402 g/mol. The zero-order chi connectivity index (χ0) is 21.1. The molecule has 0 fully saturated rings. The molecule has 4 aromatic rings. The van der Waals surface area contributed by atoms with Gasteiger partial charge in [0.05, 0.1) is 26.9 Å². The SMILES string of the molecule is COc1ccc(-c2ccc(-c3nc(-c4ccccc4OC)no3)cc2C)c(OC)c1. The van der Waals surface area contributed by atoms with Gasteiger partial charge in [0.25, 0.3) is 5.89 Å². The first-order chi connectivity index (χ1) is 14.6. The molecular weight excluding hydrogens is 380 g/mol. The summed E-state index contributed by atoms with van der Waals surface area (Å²) in [5, 5.41) is 4.13. The molecule has 1 aromatic heterocycles. The number of hydrogen-bond donors (Lipinski definition) is 0. The number of aromatic nitrogens is 2. The topological polar surface area (TPSA) is 66.6 Å². The molecule has 0 bridgehead atoms. The molecule has 0 amide bonds. The molecule has 0 N–H and O–H groups in total. The minimum absolute atomic E-state index is 0.451. The van der Waals surface area contributed by atoms with Crippen molar-refractivity contribution < 1.29 is 18.7 Å². The van der Waals surface area contributed by atoms with Gasteiger partial charge in [-0.2, -0.15) is 4.98 Å². The summed E-state index contributed by atoms with van der Waals surface area (Å²) in [4.78, 5) is 4.56. The van der Waals surface area contributed by atoms with Crippen molar-refractivity contribution in [2.45, 2.75) is 6.92 Å². The molecule has 0 unspecified atom stereocenters. The molecule has 6 heteroatoms. The quantitative estimate of drug-likeness (QED) is 0.430. The highest BCUT2D eigenvalue weighted by Crippen LogP contribution is 2.37. The maximum atomic E-state index is 5.55. The van der Waals surface area contributed by atoms with Crippen molar-refractivity contribution in [1.29, 1.82) is 0 Å². The molecule has 3 aromatic carbocycles. The fourth-order valence-electron chi connectivity index (χ4n) is 3.40. The van der Waals surface area contributed by atoms with Crippen LogP contribution in [0, 0.1) is 6.92 Å². The summed E-state index contributed by atoms with van der Waals surface area (Å²) in [7, 11) is 4.91. The lowest BCUT2D eigenvalue weighted by Crippen LogP contribution is -1.92. The third-order valence-electron chi connectivity index (χ3n) is 4.95. The van der Waals surface area contributed by atoms with Crippen LogP contribution in [-0.2, 0) is 0 Å². The van der Waals surface area contributed by atoms with Crippen LogP contribution in [0.4, 0.5) is 0 Å². The molecule has 152 valence electrons. The second-order valence-corrected chi connectivity index (χ2v) is 6.72. The van der Waals surface area contributed by atoms with E-state index in [-0.39, 0.29) is 0 Å². The zero-order valence-electron chi connectivity index (χ0n) is 17.3. The second kappa shape index (κ2) is 8.29. The maximum Gasteiger partial charge on any atom is 0.258 e. The Hall–Kier alpha value is -3.80. The normalized spacial score (nSPS) is 10.7. The Balaban J connectivity index is 1.69. The number of ether oxygens (including phenoxy) is 3. The summed E-state index contributed by atoms with van der Waals surface area (Å²) in [6, 6.07) is 19.4. The molecule has 0 aliphatic rings. The summed E-state index contributed by atoms with van der Waals surface area (Å²) in [6.45, 7) is 2.04. The molecule has 0 aliphatic carbocycles. The van der Waals surface area contributed by atoms with Gasteiger partial charge in [-0.05, 0) is 54.4 Å². The summed E-state index contributed by atoms with van der Waals surface area (Å²) in [6.07, 6.45) is 0. The van der Waals surface area contributed by atoms with E-state index in [0.29, 0.717) is 17.5 Å². The minimum Gasteiger partial charge on any atom is -0.497 e. The molecule has 0 radical (unpaired) electrons. The summed E-state index contributed by atoms with van der Waals surface area (Å²) >= 11 is 0. The van der Waals surface area contributed by atoms with Crippen LogP contribution < -0.4 is 14.2 Å². The average Bonchev–Trinajstić information content (AvgIpc) is 3.28. The standard InChI is InChI=1S/C24H22N2O4/c1-15-13-16(9-11-18(15)19-12-10-17(27-2)14-22(19)29-4)24-25-23(26-30-24)20-7-5-6-8-21(20)28-3/h5-14H,1-4H3. The lowest BCUT2D eigenvalue weighted by atomic mass is 9.97. The Labute approximate surface area is 175 Å². The van der Waals surface area contributed by atoms with E-state index < -0.39 is 0 Å². The number of para-hydroxylation sites is 1. The van der Waals surface area contributed by atoms with Crippen LogP contribution in [0.25, 0.3) is 34.0 Å². The van der Waals surface area contributed by atoms with E-state index in [2.05, 4.69) is 10.1 Å². The highest BCUT2D eigenvalue weighted by molar-refractivity contribution is 5.76. The Morgan fingerprint density at radius 3 is 2.23 bits per heavy atom. The van der Waals surface area contributed by atoms with Crippen LogP contribution in [0.15, 0.2) is 65.2 Å². The Bertz CT molecular complexity index is 1180. The van der Waals surface area contributed by atoms with Crippen LogP contribution in [0.3, 0.4) is 0 Å². The van der Waals surface area contributed by atoms with Gasteiger partial charge in [0.15, 0.2) is 0 Å². The molecule has 4 rings (SSSR count). The van der Waals surface area contributed by atoms with Crippen LogP contribution >= 0.6 is 0 Å². The third-order valence-corrected chi connectivity index (χ3v) is 4.95. The molecule has 0 aliphatic heterocycles. The zero-order valence-corrected chi connectivity index (χ0v) is 17.3. The fraction of sp³-hybridized carbons (Fsp3) is 0.167. The first-order valence-electron chi connectivity index (χ1n) is 9.45. The second-order valence-electron chi connectivity index (χ2n) is 6.72. The van der Waals surface area contributed by atoms with Gasteiger partial charge in [-0.3, -0.25) is 0 Å². The van der Waals surface area contributed by atoms with Crippen LogP contribution in [0.1, 0.15) is 5.56 Å². The lowest BCUT2D eigenvalue weighted by molar-refractivity contribution is 0.395. The molecule has 6 nitrogen and oxygen atoms in total. The predicted octanol–water partition coefficient (Wildman–Crippen LogP) is 5.40. The van der Waals surface area contributed by atoms with Crippen LogP contribution in [0.2, 0.25) is 0 Å². The number of benzene rings is 3. The third kappa shape index (κ3) is 3.59. The monoisotopic (exact) mass is 402 g/mol. The Kier molecular flexibility index (Phi) is 5.39. The van der Waals surface area contributed by atoms with E-state index in [1.807, 2.05) is 67.6 Å². The Morgan fingerprint density at radius 2 is 1.50 bits per heavy atom. The van der Waals surface area contributed by atoms with Gasteiger partial charge in [0.1, 0.15) is 17.2 Å². The summed E-state index contributed by atoms with van der Waals surface area (Å²) in [5.74, 6) is 3.14. The summed E-state index contributed by atoms with van der Waals surface area (Å²) < 4.78 is 21.8. The molecule has 30 heavy (non-hydrogen) atoms. The van der Waals surface area contributed by atoms with Crippen molar-refractivity contribution in [3.05, 3.63) is 66.2 Å². The van der Waals surface area contributed by atoms with Gasteiger partial charge in [-0.25, -0.2) is 0 Å². The number of methoxy groups -OCH3 is 3. The van der Waals surface area contributed by atoms with Crippen molar-refractivity contribution in [1.82, 2.24) is 10.1 Å². The van der Waals surface area contributed by atoms with Gasteiger partial charge < -0.3 is 18.7 Å². The van der Waals surface area contributed by atoms with Crippen molar-refractivity contribution in [3.8, 4) is 51.2 Å². The van der Waals surface area contributed by atoms with Crippen molar-refractivity contribution in [2.24, 2.45) is 0 Å². The van der Waals surface area contributed by atoms with Crippen molar-refractivity contribution in [3.63, 3.8) is 0 Å². The number of rotatable bonds is 6. The van der Waals surface area contributed by atoms with E-state index in [1.165, 1.54) is 0 Å². The van der Waals surface area contributed by atoms with Crippen molar-refractivity contribution >= 4 is 0 Å². The molecule has 0 saturated carbocycles. The van der Waals surface area contributed by atoms with Gasteiger partial charge in [-0.15, -0.1) is 0 Å². The highest BCUT2D eigenvalue weighted by Gasteiger charge is 2.16. The van der Waals surface area contributed by atoms with E-state index in [1.54, 1.807) is 21.3 Å². The van der Waals surface area contributed by atoms with Gasteiger partial charge in [-0.1, -0.05) is 23.4 Å². The molecule has 0 spiro atoms. The molecular formula is C24H22N2O4. The smallest absolute Gasteiger partial charge is 0.258 e. The molecule has 0 atom stereocenters. The maximum absolute atomic E-state index is 5.55. The van der Waals surface area contributed by atoms with Crippen LogP contribution in [-0.4, -0.2) is 31.5 Å². The first kappa shape index (κ1) is 19.5. The first-order valence-corrected chi connectivity index (χ1v) is 9.45. The number of nitrogens with zero attached hydrogens (tertiary/aromatic N) is 2.